The monoisotopic (exact) mass is 388 g/mol. The standard InChI is InChI=1S/C23H26B2O4/c1-13-5-21(28-2)19(22-10-17(27)9-18(12-26)29-22)8-15(13)6-14-3-4-20-16(7-14)11-23(20,24)25/h3-5,7-8,17-18,22,26-27H,6,9-12H2,1-2H3. The Hall–Kier alpha value is -1.75. The quantitative estimate of drug-likeness (QED) is 0.772. The molecule has 6 heteroatoms. The number of hydrogen-bond donors (Lipinski definition) is 2. The summed E-state index contributed by atoms with van der Waals surface area (Å²) in [6.45, 7) is 1.97. The highest BCUT2D eigenvalue weighted by Crippen LogP contribution is 2.39. The van der Waals surface area contributed by atoms with Gasteiger partial charge in [0.05, 0.1) is 47.7 Å². The largest absolute Gasteiger partial charge is 0.496 e. The van der Waals surface area contributed by atoms with Crippen LogP contribution in [0.25, 0.3) is 0 Å². The zero-order valence-electron chi connectivity index (χ0n) is 17.0. The van der Waals surface area contributed by atoms with Gasteiger partial charge in [-0.1, -0.05) is 29.0 Å². The molecule has 1 aliphatic carbocycles. The van der Waals surface area contributed by atoms with E-state index in [1.807, 2.05) is 12.1 Å². The number of aliphatic hydroxyl groups is 2. The summed E-state index contributed by atoms with van der Waals surface area (Å²) in [5, 5.41) is 19.0. The summed E-state index contributed by atoms with van der Waals surface area (Å²) in [5.74, 6) is 0.746. The molecule has 1 fully saturated rings. The second kappa shape index (κ2) is 7.82. The molecule has 0 saturated carbocycles. The summed E-state index contributed by atoms with van der Waals surface area (Å²) in [5.41, 5.74) is 6.66. The van der Waals surface area contributed by atoms with Gasteiger partial charge in [-0.2, -0.15) is 0 Å². The predicted octanol–water partition coefficient (Wildman–Crippen LogP) is 2.21. The van der Waals surface area contributed by atoms with Crippen molar-refractivity contribution in [1.82, 2.24) is 0 Å². The molecule has 4 nitrogen and oxygen atoms in total. The van der Waals surface area contributed by atoms with Gasteiger partial charge in [-0.15, -0.1) is 0 Å². The zero-order valence-corrected chi connectivity index (χ0v) is 17.0. The van der Waals surface area contributed by atoms with E-state index >= 15 is 0 Å². The molecule has 2 N–H and O–H groups in total. The molecule has 2 aliphatic rings. The SMILES string of the molecule is [B]C1([B])Cc2cc(Cc3cc(C4CC(O)CC(CO)O4)c(OC)cc3C)ccc21. The second-order valence-electron chi connectivity index (χ2n) is 8.46. The van der Waals surface area contributed by atoms with Gasteiger partial charge in [-0.3, -0.25) is 0 Å². The highest BCUT2D eigenvalue weighted by Gasteiger charge is 2.33. The van der Waals surface area contributed by atoms with Crippen LogP contribution in [0.2, 0.25) is 0 Å². The smallest absolute Gasteiger partial charge is 0.124 e. The number of benzene rings is 2. The van der Waals surface area contributed by atoms with Crippen molar-refractivity contribution in [2.45, 2.75) is 56.1 Å². The molecule has 0 bridgehead atoms. The van der Waals surface area contributed by atoms with Crippen molar-refractivity contribution in [3.05, 3.63) is 63.7 Å². The fraction of sp³-hybridized carbons (Fsp3) is 0.478. The van der Waals surface area contributed by atoms with Gasteiger partial charge < -0.3 is 19.7 Å². The Morgan fingerprint density at radius 1 is 1.21 bits per heavy atom. The Labute approximate surface area is 175 Å². The molecular weight excluding hydrogens is 362 g/mol. The van der Waals surface area contributed by atoms with Crippen molar-refractivity contribution in [3.63, 3.8) is 0 Å². The predicted molar refractivity (Wildman–Crippen MR) is 114 cm³/mol. The molecule has 148 valence electrons. The van der Waals surface area contributed by atoms with E-state index in [1.54, 1.807) is 7.11 Å². The lowest BCUT2D eigenvalue weighted by molar-refractivity contribution is -0.114. The molecule has 3 unspecified atom stereocenters. The van der Waals surface area contributed by atoms with Crippen molar-refractivity contribution >= 4 is 15.7 Å². The normalized spacial score (nSPS) is 25.2. The maximum absolute atomic E-state index is 10.2. The third-order valence-electron chi connectivity index (χ3n) is 6.17. The first-order valence-corrected chi connectivity index (χ1v) is 10.1. The second-order valence-corrected chi connectivity index (χ2v) is 8.46. The summed E-state index contributed by atoms with van der Waals surface area (Å²) in [6.07, 6.45) is 1.24. The first-order chi connectivity index (χ1) is 13.8. The molecule has 4 radical (unpaired) electrons. The van der Waals surface area contributed by atoms with Crippen molar-refractivity contribution < 1.29 is 19.7 Å². The molecule has 0 amide bonds. The molecule has 1 saturated heterocycles. The molecule has 1 aliphatic heterocycles. The third-order valence-corrected chi connectivity index (χ3v) is 6.17. The maximum Gasteiger partial charge on any atom is 0.124 e. The number of aliphatic hydroxyl groups excluding tert-OH is 2. The number of aryl methyl sites for hydroxylation is 1. The fourth-order valence-electron chi connectivity index (χ4n) is 4.55. The number of rotatable bonds is 5. The first-order valence-electron chi connectivity index (χ1n) is 10.1. The van der Waals surface area contributed by atoms with Gasteiger partial charge in [-0.05, 0) is 54.2 Å². The van der Waals surface area contributed by atoms with Crippen LogP contribution in [0.1, 0.15) is 52.3 Å². The lowest BCUT2D eigenvalue weighted by atomic mass is 9.42. The minimum atomic E-state index is -0.695. The van der Waals surface area contributed by atoms with Gasteiger partial charge in [0.25, 0.3) is 0 Å². The molecule has 2 aromatic rings. The van der Waals surface area contributed by atoms with Gasteiger partial charge in [0, 0.05) is 18.4 Å². The lowest BCUT2D eigenvalue weighted by Crippen LogP contribution is -2.39. The summed E-state index contributed by atoms with van der Waals surface area (Å²) in [7, 11) is 13.7. The third kappa shape index (κ3) is 3.98. The molecule has 2 aromatic carbocycles. The highest BCUT2D eigenvalue weighted by molar-refractivity contribution is 6.41. The molecule has 3 atom stereocenters. The van der Waals surface area contributed by atoms with Gasteiger partial charge in [0.15, 0.2) is 0 Å². The number of fused-ring (bicyclic) bond motifs is 1. The maximum atomic E-state index is 10.2. The fourth-order valence-corrected chi connectivity index (χ4v) is 4.55. The van der Waals surface area contributed by atoms with Crippen molar-refractivity contribution in [2.75, 3.05) is 13.7 Å². The van der Waals surface area contributed by atoms with Crippen LogP contribution in [0.15, 0.2) is 30.3 Å². The number of ether oxygens (including phenoxy) is 2. The van der Waals surface area contributed by atoms with Crippen molar-refractivity contribution in [3.8, 4) is 5.75 Å². The highest BCUT2D eigenvalue weighted by atomic mass is 16.5. The van der Waals surface area contributed by atoms with Crippen LogP contribution in [0.3, 0.4) is 0 Å². The van der Waals surface area contributed by atoms with E-state index in [0.717, 1.165) is 28.9 Å². The Balaban J connectivity index is 1.63. The Kier molecular flexibility index (Phi) is 5.54. The van der Waals surface area contributed by atoms with E-state index in [-0.39, 0.29) is 18.8 Å². The van der Waals surface area contributed by atoms with Gasteiger partial charge in [-0.25, -0.2) is 0 Å². The van der Waals surface area contributed by atoms with E-state index in [1.165, 1.54) is 16.7 Å². The molecular formula is C23H26B2O4. The van der Waals surface area contributed by atoms with Crippen LogP contribution >= 0.6 is 0 Å². The van der Waals surface area contributed by atoms with Crippen LogP contribution in [-0.4, -0.2) is 51.8 Å². The minimum absolute atomic E-state index is 0.104. The van der Waals surface area contributed by atoms with Gasteiger partial charge in [0.1, 0.15) is 5.75 Å². The van der Waals surface area contributed by atoms with E-state index in [2.05, 4.69) is 25.1 Å². The van der Waals surface area contributed by atoms with Crippen LogP contribution < -0.4 is 4.74 Å². The van der Waals surface area contributed by atoms with Crippen molar-refractivity contribution in [2.24, 2.45) is 0 Å². The van der Waals surface area contributed by atoms with Gasteiger partial charge >= 0.3 is 0 Å². The first kappa shape index (κ1) is 20.5. The molecule has 29 heavy (non-hydrogen) atoms. The topological polar surface area (TPSA) is 58.9 Å². The summed E-state index contributed by atoms with van der Waals surface area (Å²) in [4.78, 5) is 0. The van der Waals surface area contributed by atoms with Crippen LogP contribution in [0, 0.1) is 6.92 Å². The van der Waals surface area contributed by atoms with E-state index in [0.29, 0.717) is 19.3 Å². The Bertz CT molecular complexity index is 912. The van der Waals surface area contributed by atoms with Crippen LogP contribution in [0.4, 0.5) is 0 Å². The van der Waals surface area contributed by atoms with Crippen molar-refractivity contribution in [1.29, 1.82) is 0 Å². The summed E-state index contributed by atoms with van der Waals surface area (Å²) >= 11 is 0. The Morgan fingerprint density at radius 3 is 2.66 bits per heavy atom. The number of methoxy groups -OCH3 is 1. The molecule has 0 spiro atoms. The molecule has 1 heterocycles. The zero-order chi connectivity index (χ0) is 20.8. The lowest BCUT2D eigenvalue weighted by Gasteiger charge is -2.39. The Morgan fingerprint density at radius 2 is 2.00 bits per heavy atom. The molecule has 4 rings (SSSR count). The average Bonchev–Trinajstić information content (AvgIpc) is 2.67. The van der Waals surface area contributed by atoms with E-state index in [9.17, 15) is 10.2 Å². The minimum Gasteiger partial charge on any atom is -0.496 e. The van der Waals surface area contributed by atoms with Gasteiger partial charge in [0.2, 0.25) is 0 Å². The number of hydrogen-bond acceptors (Lipinski definition) is 4. The summed E-state index contributed by atoms with van der Waals surface area (Å²) < 4.78 is 11.6. The summed E-state index contributed by atoms with van der Waals surface area (Å²) in [6, 6.07) is 10.4. The molecule has 0 aromatic heterocycles. The van der Waals surface area contributed by atoms with Crippen LogP contribution in [0.5, 0.6) is 5.75 Å². The van der Waals surface area contributed by atoms with E-state index < -0.39 is 11.3 Å². The average molecular weight is 388 g/mol. The van der Waals surface area contributed by atoms with Crippen LogP contribution in [-0.2, 0) is 22.8 Å². The van der Waals surface area contributed by atoms with E-state index in [4.69, 9.17) is 25.2 Å².